The van der Waals surface area contributed by atoms with Crippen molar-refractivity contribution in [2.75, 3.05) is 99.1 Å². The van der Waals surface area contributed by atoms with Crippen LogP contribution >= 0.6 is 0 Å². The van der Waals surface area contributed by atoms with E-state index in [1.165, 1.54) is 0 Å². The van der Waals surface area contributed by atoms with Crippen LogP contribution in [-0.4, -0.2) is 107 Å². The first-order valence-electron chi connectivity index (χ1n) is 12.5. The molecule has 0 N–H and O–H groups in total. The van der Waals surface area contributed by atoms with Gasteiger partial charge in [-0.25, -0.2) is 0 Å². The predicted octanol–water partition coefficient (Wildman–Crippen LogP) is 3.92. The molecular formula is C24H52O8Si. The lowest BCUT2D eigenvalue weighted by molar-refractivity contribution is -0.0213. The Balaban J connectivity index is 3.15. The molecule has 0 aromatic carbocycles. The Hall–Kier alpha value is -0.103. The molecule has 0 aliphatic heterocycles. The zero-order valence-corrected chi connectivity index (χ0v) is 23.3. The molecule has 0 radical (unpaired) electrons. The summed E-state index contributed by atoms with van der Waals surface area (Å²) >= 11 is 0. The van der Waals surface area contributed by atoms with E-state index >= 15 is 0 Å². The van der Waals surface area contributed by atoms with Crippen LogP contribution in [0.5, 0.6) is 0 Å². The zero-order chi connectivity index (χ0) is 24.7. The third kappa shape index (κ3) is 22.1. The van der Waals surface area contributed by atoms with Gasteiger partial charge >= 0.3 is 0 Å². The Morgan fingerprint density at radius 3 is 1.00 bits per heavy atom. The van der Waals surface area contributed by atoms with Crippen molar-refractivity contribution < 1.29 is 37.6 Å². The van der Waals surface area contributed by atoms with Gasteiger partial charge in [-0.3, -0.25) is 0 Å². The van der Waals surface area contributed by atoms with Crippen LogP contribution in [0.25, 0.3) is 0 Å². The maximum Gasteiger partial charge on any atom is 0.192 e. The third-order valence-corrected chi connectivity index (χ3v) is 9.91. The van der Waals surface area contributed by atoms with Gasteiger partial charge in [-0.15, -0.1) is 0 Å². The monoisotopic (exact) mass is 496 g/mol. The Morgan fingerprint density at radius 2 is 0.727 bits per heavy atom. The van der Waals surface area contributed by atoms with E-state index in [1.807, 2.05) is 0 Å². The van der Waals surface area contributed by atoms with Crippen molar-refractivity contribution in [2.45, 2.75) is 58.7 Å². The second-order valence-electron chi connectivity index (χ2n) is 9.25. The molecule has 0 atom stereocenters. The summed E-state index contributed by atoms with van der Waals surface area (Å²) < 4.78 is 44.4. The van der Waals surface area contributed by atoms with Crippen LogP contribution in [0, 0.1) is 0 Å². The van der Waals surface area contributed by atoms with E-state index < -0.39 is 8.32 Å². The highest BCUT2D eigenvalue weighted by molar-refractivity contribution is 6.74. The highest BCUT2D eigenvalue weighted by atomic mass is 28.4. The largest absolute Gasteiger partial charge is 0.414 e. The number of ether oxygens (including phenoxy) is 7. The summed E-state index contributed by atoms with van der Waals surface area (Å²) in [6.45, 7) is 22.3. The van der Waals surface area contributed by atoms with Crippen molar-refractivity contribution in [3.63, 3.8) is 0 Å². The highest BCUT2D eigenvalue weighted by Gasteiger charge is 2.36. The molecule has 0 unspecified atom stereocenters. The lowest BCUT2D eigenvalue weighted by Gasteiger charge is -2.36. The van der Waals surface area contributed by atoms with E-state index in [0.29, 0.717) is 92.5 Å². The van der Waals surface area contributed by atoms with Crippen molar-refractivity contribution in [1.82, 2.24) is 0 Å². The maximum atomic E-state index is 6.06. The Bertz CT molecular complexity index is 404. The van der Waals surface area contributed by atoms with Crippen LogP contribution in [0.2, 0.25) is 18.1 Å². The fraction of sp³-hybridized carbons (Fsp3) is 1.00. The van der Waals surface area contributed by atoms with Gasteiger partial charge in [0.1, 0.15) is 0 Å². The highest BCUT2D eigenvalue weighted by Crippen LogP contribution is 2.36. The summed E-state index contributed by atoms with van der Waals surface area (Å²) in [4.78, 5) is 0. The molecule has 9 heteroatoms. The van der Waals surface area contributed by atoms with Gasteiger partial charge in [-0.2, -0.15) is 0 Å². The van der Waals surface area contributed by atoms with Crippen molar-refractivity contribution in [2.24, 2.45) is 0 Å². The van der Waals surface area contributed by atoms with E-state index in [1.54, 1.807) is 0 Å². The van der Waals surface area contributed by atoms with E-state index in [2.05, 4.69) is 40.8 Å². The van der Waals surface area contributed by atoms with Crippen LogP contribution in [0.1, 0.15) is 40.5 Å². The molecule has 0 rings (SSSR count). The first kappa shape index (κ1) is 32.9. The number of rotatable bonds is 25. The molecule has 0 spiro atoms. The summed E-state index contributed by atoms with van der Waals surface area (Å²) in [6, 6.07) is 0. The van der Waals surface area contributed by atoms with Crippen molar-refractivity contribution >= 4 is 8.32 Å². The van der Waals surface area contributed by atoms with Crippen LogP contribution in [0.3, 0.4) is 0 Å². The molecule has 33 heavy (non-hydrogen) atoms. The standard InChI is InChI=1S/C24H52O8Si/c1-7-8-9-25-10-11-26-12-13-27-14-15-28-16-17-29-18-19-30-20-21-31-22-23-32-33(5,6)24(2,3)4/h7-23H2,1-6H3. The van der Waals surface area contributed by atoms with Gasteiger partial charge in [0.2, 0.25) is 0 Å². The Kier molecular flexibility index (Phi) is 22.3. The Morgan fingerprint density at radius 1 is 0.455 bits per heavy atom. The van der Waals surface area contributed by atoms with Gasteiger partial charge in [-0.05, 0) is 24.6 Å². The second-order valence-corrected chi connectivity index (χ2v) is 14.1. The van der Waals surface area contributed by atoms with Crippen LogP contribution < -0.4 is 0 Å². The lowest BCUT2D eigenvalue weighted by atomic mass is 10.2. The molecule has 0 bridgehead atoms. The molecule has 8 nitrogen and oxygen atoms in total. The van der Waals surface area contributed by atoms with Crippen molar-refractivity contribution in [1.29, 1.82) is 0 Å². The first-order chi connectivity index (χ1) is 15.8. The fourth-order valence-electron chi connectivity index (χ4n) is 2.24. The molecule has 0 aromatic heterocycles. The number of hydrogen-bond donors (Lipinski definition) is 0. The zero-order valence-electron chi connectivity index (χ0n) is 22.3. The molecule has 0 amide bonds. The van der Waals surface area contributed by atoms with Gasteiger partial charge in [0.05, 0.1) is 92.5 Å². The number of hydrogen-bond acceptors (Lipinski definition) is 8. The van der Waals surface area contributed by atoms with Gasteiger partial charge < -0.3 is 37.6 Å². The quantitative estimate of drug-likeness (QED) is 0.139. The van der Waals surface area contributed by atoms with Gasteiger partial charge in [0, 0.05) is 6.61 Å². The average Bonchev–Trinajstić information content (AvgIpc) is 2.76. The van der Waals surface area contributed by atoms with Crippen LogP contribution in [-0.2, 0) is 37.6 Å². The molecule has 200 valence electrons. The summed E-state index contributed by atoms with van der Waals surface area (Å²) in [7, 11) is -1.68. The second kappa shape index (κ2) is 22.4. The maximum absolute atomic E-state index is 6.06. The summed E-state index contributed by atoms with van der Waals surface area (Å²) in [5, 5.41) is 0.230. The van der Waals surface area contributed by atoms with E-state index in [0.717, 1.165) is 19.4 Å². The minimum Gasteiger partial charge on any atom is -0.414 e. The van der Waals surface area contributed by atoms with Crippen LogP contribution in [0.4, 0.5) is 0 Å². The summed E-state index contributed by atoms with van der Waals surface area (Å²) in [5.74, 6) is 0. The summed E-state index contributed by atoms with van der Waals surface area (Å²) in [5.41, 5.74) is 0. The van der Waals surface area contributed by atoms with E-state index in [-0.39, 0.29) is 5.04 Å². The summed E-state index contributed by atoms with van der Waals surface area (Å²) in [6.07, 6.45) is 2.26. The van der Waals surface area contributed by atoms with Crippen LogP contribution in [0.15, 0.2) is 0 Å². The topological polar surface area (TPSA) is 73.8 Å². The van der Waals surface area contributed by atoms with Gasteiger partial charge in [-0.1, -0.05) is 34.1 Å². The molecule has 0 aliphatic carbocycles. The minimum atomic E-state index is -1.68. The third-order valence-electron chi connectivity index (χ3n) is 5.37. The average molecular weight is 497 g/mol. The van der Waals surface area contributed by atoms with E-state index in [4.69, 9.17) is 37.6 Å². The molecule has 0 saturated heterocycles. The molecule has 0 fully saturated rings. The van der Waals surface area contributed by atoms with Gasteiger partial charge in [0.15, 0.2) is 8.32 Å². The molecule has 0 aliphatic rings. The molecule has 0 heterocycles. The van der Waals surface area contributed by atoms with E-state index in [9.17, 15) is 0 Å². The minimum absolute atomic E-state index is 0.230. The molecule has 0 aromatic rings. The first-order valence-corrected chi connectivity index (χ1v) is 15.4. The molecular weight excluding hydrogens is 444 g/mol. The lowest BCUT2D eigenvalue weighted by Crippen LogP contribution is -2.41. The number of unbranched alkanes of at least 4 members (excludes halogenated alkanes) is 1. The Labute approximate surface area is 204 Å². The SMILES string of the molecule is CCCCOCCOCCOCCOCCOCCOCCOCCO[Si](C)(C)C(C)(C)C. The van der Waals surface area contributed by atoms with Crippen molar-refractivity contribution in [3.05, 3.63) is 0 Å². The predicted molar refractivity (Wildman–Crippen MR) is 134 cm³/mol. The molecule has 0 saturated carbocycles. The van der Waals surface area contributed by atoms with Crippen molar-refractivity contribution in [3.8, 4) is 0 Å². The smallest absolute Gasteiger partial charge is 0.192 e. The van der Waals surface area contributed by atoms with Gasteiger partial charge in [0.25, 0.3) is 0 Å². The normalized spacial score (nSPS) is 12.5. The fourth-order valence-corrected chi connectivity index (χ4v) is 3.27.